The number of nitrogens with zero attached hydrogens (tertiary/aromatic N) is 1. The van der Waals surface area contributed by atoms with Crippen LogP contribution in [-0.4, -0.2) is 44.5 Å². The molecule has 0 aromatic carbocycles. The lowest BCUT2D eigenvalue weighted by molar-refractivity contribution is -0.0816. The van der Waals surface area contributed by atoms with Crippen molar-refractivity contribution in [2.45, 2.75) is 25.7 Å². The Labute approximate surface area is 148 Å². The predicted molar refractivity (Wildman–Crippen MR) is 99.7 cm³/mol. The van der Waals surface area contributed by atoms with E-state index in [1.54, 1.807) is 24.7 Å². The van der Waals surface area contributed by atoms with E-state index in [0.717, 1.165) is 16.9 Å². The maximum atomic E-state index is 11.9. The Balaban J connectivity index is 1.92. The van der Waals surface area contributed by atoms with Gasteiger partial charge in [0.05, 0.1) is 18.8 Å². The highest BCUT2D eigenvalue weighted by Gasteiger charge is 2.15. The minimum absolute atomic E-state index is 0.158. The molecule has 0 bridgehead atoms. The number of hydroxylamine groups is 1. The second-order valence-corrected chi connectivity index (χ2v) is 12.4. The van der Waals surface area contributed by atoms with E-state index in [1.807, 2.05) is 6.07 Å². The number of ether oxygens (including phenoxy) is 2. The standard InChI is InChI=1S/C17H25N3O4Si/c1-22-17(21)16-14(13-5-7-18-15(13)11-19-16)6-8-20-24-12-23-9-10-25(2,3)4/h5-8,11,18,20H,9-10,12H2,1-4H3. The Hall–Kier alpha value is -2.16. The van der Waals surface area contributed by atoms with Crippen LogP contribution in [0.15, 0.2) is 24.7 Å². The molecule has 0 atom stereocenters. The van der Waals surface area contributed by atoms with Gasteiger partial charge in [0, 0.05) is 38.0 Å². The Kier molecular flexibility index (Phi) is 6.74. The predicted octanol–water partition coefficient (Wildman–Crippen LogP) is 3.15. The zero-order valence-electron chi connectivity index (χ0n) is 15.1. The summed E-state index contributed by atoms with van der Waals surface area (Å²) in [6.45, 7) is 7.75. The summed E-state index contributed by atoms with van der Waals surface area (Å²) in [6.07, 6.45) is 6.71. The summed E-state index contributed by atoms with van der Waals surface area (Å²) in [5, 5.41) is 0.875. The minimum Gasteiger partial charge on any atom is -0.464 e. The Morgan fingerprint density at radius 3 is 2.92 bits per heavy atom. The minimum atomic E-state index is -1.09. The molecule has 0 saturated heterocycles. The van der Waals surface area contributed by atoms with E-state index in [0.29, 0.717) is 12.2 Å². The molecule has 2 aromatic heterocycles. The smallest absolute Gasteiger partial charge is 0.357 e. The topological polar surface area (TPSA) is 85.5 Å². The van der Waals surface area contributed by atoms with Crippen LogP contribution in [0, 0.1) is 0 Å². The van der Waals surface area contributed by atoms with E-state index in [9.17, 15) is 4.79 Å². The van der Waals surface area contributed by atoms with Crippen LogP contribution in [0.4, 0.5) is 0 Å². The van der Waals surface area contributed by atoms with Gasteiger partial charge in [-0.25, -0.2) is 14.6 Å². The van der Waals surface area contributed by atoms with Crippen LogP contribution < -0.4 is 5.48 Å². The first-order valence-electron chi connectivity index (χ1n) is 8.08. The highest BCUT2D eigenvalue weighted by molar-refractivity contribution is 6.76. The third kappa shape index (κ3) is 5.70. The highest BCUT2D eigenvalue weighted by atomic mass is 28.3. The van der Waals surface area contributed by atoms with Crippen molar-refractivity contribution in [1.29, 1.82) is 0 Å². The van der Waals surface area contributed by atoms with E-state index in [4.69, 9.17) is 14.3 Å². The van der Waals surface area contributed by atoms with Crippen LogP contribution in [0.5, 0.6) is 0 Å². The number of esters is 1. The number of methoxy groups -OCH3 is 1. The van der Waals surface area contributed by atoms with Gasteiger partial charge in [-0.3, -0.25) is 5.48 Å². The summed E-state index contributed by atoms with van der Waals surface area (Å²) in [6, 6.07) is 2.97. The number of carbonyl (C=O) groups excluding carboxylic acids is 1. The molecule has 0 saturated carbocycles. The van der Waals surface area contributed by atoms with Gasteiger partial charge in [-0.2, -0.15) is 0 Å². The summed E-state index contributed by atoms with van der Waals surface area (Å²) in [7, 11) is 0.246. The van der Waals surface area contributed by atoms with E-state index in [1.165, 1.54) is 7.11 Å². The van der Waals surface area contributed by atoms with Gasteiger partial charge < -0.3 is 14.5 Å². The molecule has 0 unspecified atom stereocenters. The quantitative estimate of drug-likeness (QED) is 0.234. The number of aromatic nitrogens is 2. The van der Waals surface area contributed by atoms with Gasteiger partial charge in [0.15, 0.2) is 12.5 Å². The lowest BCUT2D eigenvalue weighted by Crippen LogP contribution is -2.22. The molecule has 2 rings (SSSR count). The fourth-order valence-electron chi connectivity index (χ4n) is 2.16. The SMILES string of the molecule is COC(=O)c1ncc2[nH]ccc2c1C=CNOCOCC[Si](C)(C)C. The average molecular weight is 363 g/mol. The fourth-order valence-corrected chi connectivity index (χ4v) is 2.91. The average Bonchev–Trinajstić information content (AvgIpc) is 3.04. The molecule has 0 aliphatic rings. The third-order valence-corrected chi connectivity index (χ3v) is 5.27. The van der Waals surface area contributed by atoms with Crippen molar-refractivity contribution in [3.8, 4) is 0 Å². The van der Waals surface area contributed by atoms with Gasteiger partial charge in [0.25, 0.3) is 0 Å². The van der Waals surface area contributed by atoms with Crippen molar-refractivity contribution >= 4 is 31.0 Å². The number of hydrogen-bond donors (Lipinski definition) is 2. The molecule has 2 heterocycles. The molecule has 0 radical (unpaired) electrons. The lowest BCUT2D eigenvalue weighted by Gasteiger charge is -2.15. The van der Waals surface area contributed by atoms with Crippen molar-refractivity contribution in [2.75, 3.05) is 20.5 Å². The van der Waals surface area contributed by atoms with Crippen molar-refractivity contribution in [2.24, 2.45) is 0 Å². The van der Waals surface area contributed by atoms with E-state index in [-0.39, 0.29) is 12.5 Å². The Morgan fingerprint density at radius 1 is 1.40 bits per heavy atom. The molecule has 2 aromatic rings. The number of aromatic amines is 1. The number of carbonyl (C=O) groups is 1. The van der Waals surface area contributed by atoms with E-state index in [2.05, 4.69) is 35.1 Å². The maximum Gasteiger partial charge on any atom is 0.357 e. The Morgan fingerprint density at radius 2 is 2.20 bits per heavy atom. The number of rotatable bonds is 9. The van der Waals surface area contributed by atoms with Crippen molar-refractivity contribution < 1.29 is 19.1 Å². The monoisotopic (exact) mass is 363 g/mol. The van der Waals surface area contributed by atoms with Crippen molar-refractivity contribution in [3.63, 3.8) is 0 Å². The van der Waals surface area contributed by atoms with Crippen LogP contribution in [-0.2, 0) is 14.3 Å². The van der Waals surface area contributed by atoms with Gasteiger partial charge >= 0.3 is 5.97 Å². The van der Waals surface area contributed by atoms with Crippen LogP contribution in [0.1, 0.15) is 16.1 Å². The van der Waals surface area contributed by atoms with E-state index >= 15 is 0 Å². The number of hydrogen-bond acceptors (Lipinski definition) is 6. The van der Waals surface area contributed by atoms with Gasteiger partial charge in [-0.15, -0.1) is 0 Å². The fraction of sp³-hybridized carbons (Fsp3) is 0.412. The van der Waals surface area contributed by atoms with Crippen molar-refractivity contribution in [1.82, 2.24) is 15.4 Å². The molecule has 7 nitrogen and oxygen atoms in total. The molecule has 0 amide bonds. The van der Waals surface area contributed by atoms with Crippen LogP contribution in [0.3, 0.4) is 0 Å². The molecule has 0 spiro atoms. The van der Waals surface area contributed by atoms with Crippen LogP contribution in [0.25, 0.3) is 17.0 Å². The molecule has 8 heteroatoms. The number of nitrogens with one attached hydrogen (secondary N) is 2. The molecule has 0 aliphatic carbocycles. The third-order valence-electron chi connectivity index (χ3n) is 3.57. The summed E-state index contributed by atoms with van der Waals surface area (Å²) in [5.74, 6) is -0.488. The summed E-state index contributed by atoms with van der Waals surface area (Å²) in [4.78, 5) is 24.3. The molecular weight excluding hydrogens is 338 g/mol. The summed E-state index contributed by atoms with van der Waals surface area (Å²) >= 11 is 0. The summed E-state index contributed by atoms with van der Waals surface area (Å²) in [5.41, 5.74) is 4.43. The first kappa shape index (κ1) is 19.2. The zero-order chi connectivity index (χ0) is 18.3. The number of H-pyrrole nitrogens is 1. The van der Waals surface area contributed by atoms with Gasteiger partial charge in [-0.1, -0.05) is 19.6 Å². The zero-order valence-corrected chi connectivity index (χ0v) is 16.1. The van der Waals surface area contributed by atoms with Crippen LogP contribution >= 0.6 is 0 Å². The summed E-state index contributed by atoms with van der Waals surface area (Å²) < 4.78 is 10.2. The van der Waals surface area contributed by atoms with E-state index < -0.39 is 14.0 Å². The van der Waals surface area contributed by atoms with Gasteiger partial charge in [0.2, 0.25) is 0 Å². The largest absolute Gasteiger partial charge is 0.464 e. The lowest BCUT2D eigenvalue weighted by atomic mass is 10.1. The van der Waals surface area contributed by atoms with Gasteiger partial charge in [-0.05, 0) is 18.2 Å². The normalized spacial score (nSPS) is 12.0. The first-order chi connectivity index (χ1) is 11.9. The second-order valence-electron chi connectivity index (χ2n) is 6.75. The molecule has 0 fully saturated rings. The van der Waals surface area contributed by atoms with Gasteiger partial charge in [0.1, 0.15) is 0 Å². The molecule has 136 valence electrons. The highest BCUT2D eigenvalue weighted by Crippen LogP contribution is 2.21. The number of pyridine rings is 1. The molecular formula is C17H25N3O4Si. The molecule has 25 heavy (non-hydrogen) atoms. The first-order valence-corrected chi connectivity index (χ1v) is 11.8. The second kappa shape index (κ2) is 8.79. The van der Waals surface area contributed by atoms with Crippen molar-refractivity contribution in [3.05, 3.63) is 35.9 Å². The van der Waals surface area contributed by atoms with Crippen LogP contribution in [0.2, 0.25) is 25.7 Å². The molecule has 2 N–H and O–H groups in total. The number of fused-ring (bicyclic) bond motifs is 1. The molecule has 0 aliphatic heterocycles. The maximum absolute atomic E-state index is 11.9. The Bertz CT molecular complexity index is 737.